The van der Waals surface area contributed by atoms with Gasteiger partial charge in [-0.25, -0.2) is 4.98 Å². The van der Waals surface area contributed by atoms with E-state index in [9.17, 15) is 9.59 Å². The van der Waals surface area contributed by atoms with Gasteiger partial charge < -0.3 is 10.4 Å². The van der Waals surface area contributed by atoms with E-state index >= 15 is 0 Å². The number of carboxylic acid groups (broad SMARTS) is 1. The van der Waals surface area contributed by atoms with Crippen LogP contribution in [0.4, 0.5) is 0 Å². The number of hydrogen-bond acceptors (Lipinski definition) is 4. The van der Waals surface area contributed by atoms with Crippen molar-refractivity contribution >= 4 is 23.2 Å². The SMILES string of the molecule is Cc1nc(-c2cccc(C(=O)NC3CCC(C(=O)O)CC3)c2)cs1. The molecule has 1 saturated carbocycles. The number of carbonyl (C=O) groups excluding carboxylic acids is 1. The number of carbonyl (C=O) groups is 2. The van der Waals surface area contributed by atoms with E-state index in [2.05, 4.69) is 10.3 Å². The van der Waals surface area contributed by atoms with E-state index in [1.807, 2.05) is 30.5 Å². The number of aryl methyl sites for hydroxylation is 1. The summed E-state index contributed by atoms with van der Waals surface area (Å²) in [4.78, 5) is 27.9. The zero-order valence-corrected chi connectivity index (χ0v) is 14.3. The molecule has 1 aliphatic carbocycles. The number of nitrogens with zero attached hydrogens (tertiary/aromatic N) is 1. The van der Waals surface area contributed by atoms with Crippen molar-refractivity contribution in [2.24, 2.45) is 5.92 Å². The molecule has 1 aliphatic rings. The van der Waals surface area contributed by atoms with Crippen molar-refractivity contribution in [1.82, 2.24) is 10.3 Å². The minimum Gasteiger partial charge on any atom is -0.481 e. The monoisotopic (exact) mass is 344 g/mol. The second-order valence-corrected chi connectivity index (χ2v) is 7.26. The van der Waals surface area contributed by atoms with Crippen molar-refractivity contribution in [3.8, 4) is 11.3 Å². The van der Waals surface area contributed by atoms with E-state index < -0.39 is 5.97 Å². The van der Waals surface area contributed by atoms with Crippen LogP contribution in [0.15, 0.2) is 29.6 Å². The van der Waals surface area contributed by atoms with Crippen molar-refractivity contribution in [1.29, 1.82) is 0 Å². The lowest BCUT2D eigenvalue weighted by Gasteiger charge is -2.26. The maximum absolute atomic E-state index is 12.5. The first kappa shape index (κ1) is 16.6. The van der Waals surface area contributed by atoms with Crippen molar-refractivity contribution in [2.75, 3.05) is 0 Å². The summed E-state index contributed by atoms with van der Waals surface area (Å²) >= 11 is 1.58. The van der Waals surface area contributed by atoms with Gasteiger partial charge in [0.05, 0.1) is 16.6 Å². The Morgan fingerprint density at radius 3 is 2.62 bits per heavy atom. The van der Waals surface area contributed by atoms with Gasteiger partial charge in [0.2, 0.25) is 0 Å². The molecule has 0 spiro atoms. The Morgan fingerprint density at radius 2 is 2.00 bits per heavy atom. The number of nitrogens with one attached hydrogen (secondary N) is 1. The third kappa shape index (κ3) is 3.82. The Balaban J connectivity index is 1.64. The summed E-state index contributed by atoms with van der Waals surface area (Å²) in [5.41, 5.74) is 2.43. The number of amides is 1. The third-order valence-electron chi connectivity index (χ3n) is 4.45. The molecule has 126 valence electrons. The van der Waals surface area contributed by atoms with E-state index in [0.29, 0.717) is 31.2 Å². The number of carboxylic acids is 1. The number of aromatic nitrogens is 1. The van der Waals surface area contributed by atoms with Gasteiger partial charge in [-0.1, -0.05) is 12.1 Å². The minimum absolute atomic E-state index is 0.0540. The summed E-state index contributed by atoms with van der Waals surface area (Å²) in [6.45, 7) is 1.96. The average Bonchev–Trinajstić information content (AvgIpc) is 3.02. The summed E-state index contributed by atoms with van der Waals surface area (Å²) in [5.74, 6) is -1.11. The zero-order valence-electron chi connectivity index (χ0n) is 13.5. The van der Waals surface area contributed by atoms with Crippen LogP contribution in [0.3, 0.4) is 0 Å². The highest BCUT2D eigenvalue weighted by atomic mass is 32.1. The van der Waals surface area contributed by atoms with Gasteiger partial charge >= 0.3 is 5.97 Å². The summed E-state index contributed by atoms with van der Waals surface area (Å²) in [5, 5.41) is 15.0. The average molecular weight is 344 g/mol. The quantitative estimate of drug-likeness (QED) is 0.890. The van der Waals surface area contributed by atoms with Crippen molar-refractivity contribution in [3.63, 3.8) is 0 Å². The van der Waals surface area contributed by atoms with Gasteiger partial charge in [0.15, 0.2) is 0 Å². The predicted octanol–water partition coefficient (Wildman–Crippen LogP) is 3.49. The summed E-state index contributed by atoms with van der Waals surface area (Å²) < 4.78 is 0. The Labute approximate surface area is 144 Å². The van der Waals surface area contributed by atoms with Crippen LogP contribution < -0.4 is 5.32 Å². The highest BCUT2D eigenvalue weighted by Crippen LogP contribution is 2.25. The van der Waals surface area contributed by atoms with Gasteiger partial charge in [-0.15, -0.1) is 11.3 Å². The molecule has 0 aliphatic heterocycles. The van der Waals surface area contributed by atoms with Gasteiger partial charge in [0.25, 0.3) is 5.91 Å². The fourth-order valence-electron chi connectivity index (χ4n) is 3.07. The molecule has 6 heteroatoms. The van der Waals surface area contributed by atoms with Gasteiger partial charge in [0, 0.05) is 22.5 Å². The first-order valence-corrected chi connectivity index (χ1v) is 8.97. The standard InChI is InChI=1S/C18H20N2O3S/c1-11-19-16(10-24-11)13-3-2-4-14(9-13)17(21)20-15-7-5-12(6-8-15)18(22)23/h2-4,9-10,12,15H,5-8H2,1H3,(H,20,21)(H,22,23). The fourth-order valence-corrected chi connectivity index (χ4v) is 3.69. The van der Waals surface area contributed by atoms with Crippen LogP contribution in [0.25, 0.3) is 11.3 Å². The van der Waals surface area contributed by atoms with Gasteiger partial charge in [-0.2, -0.15) is 0 Å². The van der Waals surface area contributed by atoms with E-state index in [-0.39, 0.29) is 17.9 Å². The topological polar surface area (TPSA) is 79.3 Å². The Kier molecular flexibility index (Phi) is 4.94. The number of thiazole rings is 1. The summed E-state index contributed by atoms with van der Waals surface area (Å²) in [6, 6.07) is 7.51. The Hall–Kier alpha value is -2.21. The van der Waals surface area contributed by atoms with Crippen LogP contribution in [-0.4, -0.2) is 28.0 Å². The number of hydrogen-bond donors (Lipinski definition) is 2. The molecule has 0 unspecified atom stereocenters. The smallest absolute Gasteiger partial charge is 0.306 e. The molecule has 0 radical (unpaired) electrons. The van der Waals surface area contributed by atoms with Crippen LogP contribution in [-0.2, 0) is 4.79 Å². The molecule has 24 heavy (non-hydrogen) atoms. The largest absolute Gasteiger partial charge is 0.481 e. The molecule has 0 atom stereocenters. The van der Waals surface area contributed by atoms with Crippen LogP contribution in [0, 0.1) is 12.8 Å². The van der Waals surface area contributed by atoms with Crippen molar-refractivity contribution in [2.45, 2.75) is 38.6 Å². The Morgan fingerprint density at radius 1 is 1.25 bits per heavy atom. The van der Waals surface area contributed by atoms with Crippen LogP contribution in [0.1, 0.15) is 41.0 Å². The molecule has 3 rings (SSSR count). The highest BCUT2D eigenvalue weighted by Gasteiger charge is 2.26. The molecular formula is C18H20N2O3S. The summed E-state index contributed by atoms with van der Waals surface area (Å²) in [6.07, 6.45) is 2.68. The molecular weight excluding hydrogens is 324 g/mol. The minimum atomic E-state index is -0.731. The maximum Gasteiger partial charge on any atom is 0.306 e. The van der Waals surface area contributed by atoms with Crippen molar-refractivity contribution < 1.29 is 14.7 Å². The predicted molar refractivity (Wildman–Crippen MR) is 93.1 cm³/mol. The second-order valence-electron chi connectivity index (χ2n) is 6.19. The summed E-state index contributed by atoms with van der Waals surface area (Å²) in [7, 11) is 0. The molecule has 1 amide bonds. The molecule has 1 aromatic heterocycles. The Bertz CT molecular complexity index is 748. The maximum atomic E-state index is 12.5. The lowest BCUT2D eigenvalue weighted by molar-refractivity contribution is -0.142. The molecule has 1 fully saturated rings. The number of rotatable bonds is 4. The zero-order chi connectivity index (χ0) is 17.1. The van der Waals surface area contributed by atoms with Crippen molar-refractivity contribution in [3.05, 3.63) is 40.2 Å². The van der Waals surface area contributed by atoms with Crippen LogP contribution in [0.5, 0.6) is 0 Å². The molecule has 0 saturated heterocycles. The molecule has 2 aromatic rings. The number of benzene rings is 1. The van der Waals surface area contributed by atoms with Gasteiger partial charge in [-0.05, 0) is 44.7 Å². The van der Waals surface area contributed by atoms with E-state index in [0.717, 1.165) is 16.3 Å². The van der Waals surface area contributed by atoms with Gasteiger partial charge in [0.1, 0.15) is 0 Å². The lowest BCUT2D eigenvalue weighted by Crippen LogP contribution is -2.38. The first-order chi connectivity index (χ1) is 11.5. The van der Waals surface area contributed by atoms with Crippen LogP contribution in [0.2, 0.25) is 0 Å². The first-order valence-electron chi connectivity index (χ1n) is 8.09. The molecule has 1 aromatic carbocycles. The van der Waals surface area contributed by atoms with Gasteiger partial charge in [-0.3, -0.25) is 9.59 Å². The lowest BCUT2D eigenvalue weighted by atomic mass is 9.86. The highest BCUT2D eigenvalue weighted by molar-refractivity contribution is 7.09. The normalized spacial score (nSPS) is 20.5. The molecule has 1 heterocycles. The molecule has 0 bridgehead atoms. The van der Waals surface area contributed by atoms with E-state index in [1.165, 1.54) is 0 Å². The van der Waals surface area contributed by atoms with E-state index in [4.69, 9.17) is 5.11 Å². The second kappa shape index (κ2) is 7.13. The molecule has 2 N–H and O–H groups in total. The fraction of sp³-hybridized carbons (Fsp3) is 0.389. The van der Waals surface area contributed by atoms with E-state index in [1.54, 1.807) is 17.4 Å². The molecule has 5 nitrogen and oxygen atoms in total. The third-order valence-corrected chi connectivity index (χ3v) is 5.22. The number of aliphatic carboxylic acids is 1. The van der Waals surface area contributed by atoms with Crippen LogP contribution >= 0.6 is 11.3 Å².